The van der Waals surface area contributed by atoms with E-state index in [0.29, 0.717) is 49.9 Å². The van der Waals surface area contributed by atoms with Crippen LogP contribution in [0.15, 0.2) is 54.0 Å². The van der Waals surface area contributed by atoms with Crippen molar-refractivity contribution in [1.82, 2.24) is 25.5 Å². The molecule has 0 unspecified atom stereocenters. The Kier molecular flexibility index (Phi) is 6.08. The molecule has 10 heteroatoms. The van der Waals surface area contributed by atoms with Crippen LogP contribution in [-0.2, 0) is 9.53 Å². The highest BCUT2D eigenvalue weighted by molar-refractivity contribution is 5.95. The van der Waals surface area contributed by atoms with E-state index in [2.05, 4.69) is 30.4 Å². The van der Waals surface area contributed by atoms with Crippen molar-refractivity contribution in [2.45, 2.75) is 6.04 Å². The Morgan fingerprint density at radius 2 is 1.94 bits per heavy atom. The highest BCUT2D eigenvalue weighted by atomic mass is 19.1. The monoisotopic (exact) mass is 426 g/mol. The number of nitrogens with zero attached hydrogens (tertiary/aromatic N) is 4. The molecule has 1 saturated heterocycles. The van der Waals surface area contributed by atoms with E-state index in [0.717, 1.165) is 0 Å². The minimum Gasteiger partial charge on any atom is -0.466 e. The second kappa shape index (κ2) is 9.09. The van der Waals surface area contributed by atoms with Crippen molar-refractivity contribution in [1.29, 1.82) is 0 Å². The first-order valence-corrected chi connectivity index (χ1v) is 9.94. The van der Waals surface area contributed by atoms with E-state index in [1.807, 2.05) is 0 Å². The molecule has 1 aromatic heterocycles. The molecule has 2 aromatic rings. The predicted octanol–water partition coefficient (Wildman–Crippen LogP) is 1.22. The van der Waals surface area contributed by atoms with E-state index < -0.39 is 23.9 Å². The Balaban J connectivity index is 1.55. The Labute approximate surface area is 178 Å². The maximum absolute atomic E-state index is 13.8. The molecule has 0 spiro atoms. The van der Waals surface area contributed by atoms with Gasteiger partial charge in [0.25, 0.3) is 0 Å². The largest absolute Gasteiger partial charge is 0.466 e. The topological polar surface area (TPSA) is 99.7 Å². The van der Waals surface area contributed by atoms with Crippen molar-refractivity contribution in [3.63, 3.8) is 0 Å². The summed E-state index contributed by atoms with van der Waals surface area (Å²) in [6, 6.07) is 6.34. The average Bonchev–Trinajstić information content (AvgIpc) is 2.79. The van der Waals surface area contributed by atoms with Gasteiger partial charge in [-0.3, -0.25) is 4.90 Å². The molecule has 2 amide bonds. The summed E-state index contributed by atoms with van der Waals surface area (Å²) in [7, 11) is 1.28. The van der Waals surface area contributed by atoms with Crippen LogP contribution in [0.5, 0.6) is 0 Å². The average molecular weight is 426 g/mol. The number of carbonyl (C=O) groups is 2. The van der Waals surface area contributed by atoms with Gasteiger partial charge in [0.15, 0.2) is 0 Å². The molecule has 4 rings (SSSR count). The molecule has 9 nitrogen and oxygen atoms in total. The first-order valence-electron chi connectivity index (χ1n) is 9.94. The maximum Gasteiger partial charge on any atom is 0.338 e. The van der Waals surface area contributed by atoms with Crippen molar-refractivity contribution in [3.05, 3.63) is 65.4 Å². The summed E-state index contributed by atoms with van der Waals surface area (Å²) in [5.41, 5.74) is 1.19. The number of aromatic nitrogens is 2. The zero-order chi connectivity index (χ0) is 21.8. The second-order valence-corrected chi connectivity index (χ2v) is 7.28. The predicted molar refractivity (Wildman–Crippen MR) is 111 cm³/mol. The maximum atomic E-state index is 13.8. The van der Waals surface area contributed by atoms with Crippen LogP contribution in [0.4, 0.5) is 15.1 Å². The molecule has 162 valence electrons. The molecule has 0 aliphatic carbocycles. The molecule has 2 N–H and O–H groups in total. The smallest absolute Gasteiger partial charge is 0.338 e. The summed E-state index contributed by atoms with van der Waals surface area (Å²) >= 11 is 0. The first kappa shape index (κ1) is 20.7. The van der Waals surface area contributed by atoms with Crippen molar-refractivity contribution in [2.24, 2.45) is 0 Å². The lowest BCUT2D eigenvalue weighted by molar-refractivity contribution is -0.136. The summed E-state index contributed by atoms with van der Waals surface area (Å²) < 4.78 is 18.8. The number of ether oxygens (including phenoxy) is 1. The molecule has 31 heavy (non-hydrogen) atoms. The standard InChI is InChI=1S/C21H23FN6O3/c1-31-19(29)17-16(25-21(30)26-18(17)14-4-2-5-15(22)12-14)13-27-8-10-28(11-9-27)20-23-6-3-7-24-20/h2-7,12,18H,8-11,13H2,1H3,(H2,25,26,30)/t18-/m0/s1. The molecule has 2 aliphatic rings. The SMILES string of the molecule is COC(=O)C1=C(CN2CCN(c3ncccn3)CC2)NC(=O)N[C@H]1c1cccc(F)c1. The zero-order valence-corrected chi connectivity index (χ0v) is 17.0. The molecule has 0 saturated carbocycles. The van der Waals surface area contributed by atoms with Crippen LogP contribution in [0.2, 0.25) is 0 Å². The van der Waals surface area contributed by atoms with E-state index in [9.17, 15) is 14.0 Å². The first-order chi connectivity index (χ1) is 15.0. The van der Waals surface area contributed by atoms with Crippen LogP contribution in [-0.4, -0.2) is 66.7 Å². The van der Waals surface area contributed by atoms with Crippen LogP contribution in [0.3, 0.4) is 0 Å². The molecule has 0 radical (unpaired) electrons. The minimum absolute atomic E-state index is 0.265. The third kappa shape index (κ3) is 4.64. The Bertz CT molecular complexity index is 992. The number of anilines is 1. The van der Waals surface area contributed by atoms with Crippen LogP contribution in [0.1, 0.15) is 11.6 Å². The number of piperazine rings is 1. The number of halogens is 1. The van der Waals surface area contributed by atoms with Crippen LogP contribution >= 0.6 is 0 Å². The van der Waals surface area contributed by atoms with Gasteiger partial charge in [0.05, 0.1) is 18.7 Å². The van der Waals surface area contributed by atoms with Gasteiger partial charge in [0.1, 0.15) is 5.82 Å². The summed E-state index contributed by atoms with van der Waals surface area (Å²) in [6.07, 6.45) is 3.42. The van der Waals surface area contributed by atoms with E-state index >= 15 is 0 Å². The van der Waals surface area contributed by atoms with Crippen molar-refractivity contribution >= 4 is 17.9 Å². The van der Waals surface area contributed by atoms with Gasteiger partial charge in [0.2, 0.25) is 5.95 Å². The third-order valence-electron chi connectivity index (χ3n) is 5.33. The van der Waals surface area contributed by atoms with Crippen LogP contribution < -0.4 is 15.5 Å². The quantitative estimate of drug-likeness (QED) is 0.694. The number of methoxy groups -OCH3 is 1. The number of rotatable bonds is 5. The number of amides is 2. The van der Waals surface area contributed by atoms with Gasteiger partial charge in [-0.25, -0.2) is 23.9 Å². The molecular weight excluding hydrogens is 403 g/mol. The molecule has 0 bridgehead atoms. The van der Waals surface area contributed by atoms with Gasteiger partial charge < -0.3 is 20.3 Å². The fourth-order valence-corrected chi connectivity index (χ4v) is 3.81. The second-order valence-electron chi connectivity index (χ2n) is 7.28. The number of carbonyl (C=O) groups excluding carboxylic acids is 2. The lowest BCUT2D eigenvalue weighted by Gasteiger charge is -2.37. The number of benzene rings is 1. The Hall–Kier alpha value is -3.53. The van der Waals surface area contributed by atoms with Gasteiger partial charge in [-0.1, -0.05) is 12.1 Å². The molecule has 1 aromatic carbocycles. The lowest BCUT2D eigenvalue weighted by atomic mass is 9.95. The Morgan fingerprint density at radius 3 is 2.61 bits per heavy atom. The van der Waals surface area contributed by atoms with Crippen LogP contribution in [0.25, 0.3) is 0 Å². The molecule has 1 fully saturated rings. The number of hydrogen-bond acceptors (Lipinski definition) is 7. The summed E-state index contributed by atoms with van der Waals surface area (Å²) in [5.74, 6) is -0.346. The van der Waals surface area contributed by atoms with E-state index in [4.69, 9.17) is 4.74 Å². The molecule has 2 aliphatic heterocycles. The van der Waals surface area contributed by atoms with E-state index in [1.54, 1.807) is 24.5 Å². The van der Waals surface area contributed by atoms with Crippen molar-refractivity contribution < 1.29 is 18.7 Å². The zero-order valence-electron chi connectivity index (χ0n) is 17.0. The van der Waals surface area contributed by atoms with Gasteiger partial charge >= 0.3 is 12.0 Å². The van der Waals surface area contributed by atoms with Crippen molar-refractivity contribution in [2.75, 3.05) is 44.7 Å². The fourth-order valence-electron chi connectivity index (χ4n) is 3.81. The summed E-state index contributed by atoms with van der Waals surface area (Å²) in [4.78, 5) is 37.7. The molecule has 3 heterocycles. The van der Waals surface area contributed by atoms with E-state index in [1.165, 1.54) is 25.3 Å². The molecular formula is C21H23FN6O3. The normalized spacial score (nSPS) is 19.6. The highest BCUT2D eigenvalue weighted by Crippen LogP contribution is 2.28. The third-order valence-corrected chi connectivity index (χ3v) is 5.33. The summed E-state index contributed by atoms with van der Waals surface area (Å²) in [6.45, 7) is 3.18. The Morgan fingerprint density at radius 1 is 1.19 bits per heavy atom. The fraction of sp³-hybridized carbons (Fsp3) is 0.333. The summed E-state index contributed by atoms with van der Waals surface area (Å²) in [5, 5.41) is 5.44. The number of nitrogens with one attached hydrogen (secondary N) is 2. The highest BCUT2D eigenvalue weighted by Gasteiger charge is 2.34. The van der Waals surface area contributed by atoms with E-state index in [-0.39, 0.29) is 5.57 Å². The number of esters is 1. The van der Waals surface area contributed by atoms with Gasteiger partial charge in [-0.2, -0.15) is 0 Å². The van der Waals surface area contributed by atoms with Crippen LogP contribution in [0, 0.1) is 5.82 Å². The van der Waals surface area contributed by atoms with Gasteiger partial charge in [0, 0.05) is 50.8 Å². The number of urea groups is 1. The molecule has 1 atom stereocenters. The lowest BCUT2D eigenvalue weighted by Crippen LogP contribution is -2.52. The minimum atomic E-state index is -0.800. The van der Waals surface area contributed by atoms with Gasteiger partial charge in [-0.15, -0.1) is 0 Å². The number of hydrogen-bond donors (Lipinski definition) is 2. The van der Waals surface area contributed by atoms with Gasteiger partial charge in [-0.05, 0) is 23.8 Å². The van der Waals surface area contributed by atoms with Crippen molar-refractivity contribution in [3.8, 4) is 0 Å².